The van der Waals surface area contributed by atoms with Gasteiger partial charge in [0.15, 0.2) is 5.82 Å². The molecule has 6 nitrogen and oxygen atoms in total. The molecule has 1 aliphatic heterocycles. The van der Waals surface area contributed by atoms with Gasteiger partial charge in [-0.2, -0.15) is 4.98 Å². The van der Waals surface area contributed by atoms with Crippen LogP contribution < -0.4 is 0 Å². The lowest BCUT2D eigenvalue weighted by atomic mass is 10.1. The summed E-state index contributed by atoms with van der Waals surface area (Å²) in [5.41, 5.74) is 1.73. The maximum absolute atomic E-state index is 5.33. The van der Waals surface area contributed by atoms with E-state index in [-0.39, 0.29) is 5.92 Å². The van der Waals surface area contributed by atoms with Crippen molar-refractivity contribution >= 4 is 0 Å². The van der Waals surface area contributed by atoms with Crippen LogP contribution in [0.25, 0.3) is 22.9 Å². The van der Waals surface area contributed by atoms with Gasteiger partial charge >= 0.3 is 0 Å². The van der Waals surface area contributed by atoms with Gasteiger partial charge in [-0.1, -0.05) is 40.6 Å². The molecular weight excluding hydrogens is 270 g/mol. The van der Waals surface area contributed by atoms with Gasteiger partial charge in [-0.25, -0.2) is 0 Å². The Morgan fingerprint density at radius 3 is 2.76 bits per heavy atom. The van der Waals surface area contributed by atoms with Crippen LogP contribution in [0.15, 0.2) is 45.4 Å². The third kappa shape index (κ3) is 2.34. The minimum Gasteiger partial charge on any atom is -0.381 e. The first kappa shape index (κ1) is 12.3. The normalized spacial score (nSPS) is 18.2. The van der Waals surface area contributed by atoms with Crippen LogP contribution in [-0.4, -0.2) is 28.5 Å². The first-order valence-electron chi connectivity index (χ1n) is 6.84. The predicted molar refractivity (Wildman–Crippen MR) is 73.4 cm³/mol. The van der Waals surface area contributed by atoms with E-state index in [4.69, 9.17) is 13.8 Å². The molecule has 6 heteroatoms. The van der Waals surface area contributed by atoms with E-state index in [0.29, 0.717) is 24.1 Å². The Bertz CT molecular complexity index is 729. The molecule has 1 aliphatic rings. The number of ether oxygens (including phenoxy) is 1. The Hall–Kier alpha value is -2.47. The number of benzene rings is 1. The highest BCUT2D eigenvalue weighted by molar-refractivity contribution is 5.62. The number of hydrogen-bond donors (Lipinski definition) is 0. The first-order chi connectivity index (χ1) is 10.4. The van der Waals surface area contributed by atoms with Gasteiger partial charge in [-0.3, -0.25) is 0 Å². The van der Waals surface area contributed by atoms with E-state index in [1.54, 1.807) is 6.07 Å². The van der Waals surface area contributed by atoms with Crippen LogP contribution in [0.1, 0.15) is 18.2 Å². The molecule has 2 aromatic heterocycles. The third-order valence-electron chi connectivity index (χ3n) is 3.53. The molecule has 1 unspecified atom stereocenters. The molecule has 0 saturated carbocycles. The molecule has 1 saturated heterocycles. The van der Waals surface area contributed by atoms with E-state index in [1.807, 2.05) is 30.3 Å². The lowest BCUT2D eigenvalue weighted by Crippen LogP contribution is -1.99. The molecule has 0 N–H and O–H groups in total. The molecule has 1 aromatic carbocycles. The molecule has 21 heavy (non-hydrogen) atoms. The summed E-state index contributed by atoms with van der Waals surface area (Å²) in [4.78, 5) is 4.38. The van der Waals surface area contributed by atoms with Crippen LogP contribution >= 0.6 is 0 Å². The maximum Gasteiger partial charge on any atom is 0.296 e. The molecule has 0 aliphatic carbocycles. The summed E-state index contributed by atoms with van der Waals surface area (Å²) >= 11 is 0. The molecule has 0 radical (unpaired) electrons. The SMILES string of the molecule is c1ccc(-c2cc(-c3nc(C4CCOC4)no3)on2)cc1. The molecule has 1 fully saturated rings. The average Bonchev–Trinajstić information content (AvgIpc) is 3.27. The molecule has 0 bridgehead atoms. The van der Waals surface area contributed by atoms with E-state index in [2.05, 4.69) is 15.3 Å². The molecule has 3 heterocycles. The van der Waals surface area contributed by atoms with Gasteiger partial charge in [0, 0.05) is 24.2 Å². The van der Waals surface area contributed by atoms with E-state index < -0.39 is 0 Å². The van der Waals surface area contributed by atoms with E-state index in [1.165, 1.54) is 0 Å². The van der Waals surface area contributed by atoms with Crippen molar-refractivity contribution < 1.29 is 13.8 Å². The van der Waals surface area contributed by atoms with Crippen molar-refractivity contribution in [3.05, 3.63) is 42.2 Å². The molecule has 1 atom stereocenters. The first-order valence-corrected chi connectivity index (χ1v) is 6.84. The number of nitrogens with zero attached hydrogens (tertiary/aromatic N) is 3. The van der Waals surface area contributed by atoms with Crippen LogP contribution in [0, 0.1) is 0 Å². The van der Waals surface area contributed by atoms with Crippen molar-refractivity contribution in [3.8, 4) is 22.9 Å². The summed E-state index contributed by atoms with van der Waals surface area (Å²) in [5, 5.41) is 8.04. The lowest BCUT2D eigenvalue weighted by Gasteiger charge is -1.97. The summed E-state index contributed by atoms with van der Waals surface area (Å²) in [7, 11) is 0. The summed E-state index contributed by atoms with van der Waals surface area (Å²) in [6.45, 7) is 1.39. The molecule has 0 spiro atoms. The molecular formula is C15H13N3O3. The van der Waals surface area contributed by atoms with Crippen molar-refractivity contribution in [2.45, 2.75) is 12.3 Å². The highest BCUT2D eigenvalue weighted by Gasteiger charge is 2.24. The Labute approximate surface area is 120 Å². The van der Waals surface area contributed by atoms with Crippen LogP contribution in [0.2, 0.25) is 0 Å². The van der Waals surface area contributed by atoms with Gasteiger partial charge in [0.2, 0.25) is 5.76 Å². The fraction of sp³-hybridized carbons (Fsp3) is 0.267. The van der Waals surface area contributed by atoms with E-state index in [9.17, 15) is 0 Å². The Kier molecular flexibility index (Phi) is 3.01. The summed E-state index contributed by atoms with van der Waals surface area (Å²) in [5.74, 6) is 1.71. The number of rotatable bonds is 3. The fourth-order valence-electron chi connectivity index (χ4n) is 2.36. The minimum absolute atomic E-state index is 0.207. The highest BCUT2D eigenvalue weighted by Crippen LogP contribution is 2.28. The molecule has 106 valence electrons. The zero-order valence-corrected chi connectivity index (χ0v) is 11.2. The largest absolute Gasteiger partial charge is 0.381 e. The van der Waals surface area contributed by atoms with Crippen molar-refractivity contribution in [2.75, 3.05) is 13.2 Å². The van der Waals surface area contributed by atoms with Gasteiger partial charge < -0.3 is 13.8 Å². The van der Waals surface area contributed by atoms with Gasteiger partial charge in [-0.15, -0.1) is 0 Å². The van der Waals surface area contributed by atoms with Crippen LogP contribution in [-0.2, 0) is 4.74 Å². The predicted octanol–water partition coefficient (Wildman–Crippen LogP) is 2.90. The number of hydrogen-bond acceptors (Lipinski definition) is 6. The Balaban J connectivity index is 1.61. The second-order valence-electron chi connectivity index (χ2n) is 4.96. The summed E-state index contributed by atoms with van der Waals surface area (Å²) in [6, 6.07) is 11.6. The van der Waals surface area contributed by atoms with Crippen molar-refractivity contribution in [3.63, 3.8) is 0 Å². The second-order valence-corrected chi connectivity index (χ2v) is 4.96. The van der Waals surface area contributed by atoms with E-state index in [0.717, 1.165) is 24.3 Å². The molecule has 0 amide bonds. The van der Waals surface area contributed by atoms with E-state index >= 15 is 0 Å². The van der Waals surface area contributed by atoms with Crippen molar-refractivity contribution in [1.29, 1.82) is 0 Å². The Morgan fingerprint density at radius 1 is 1.05 bits per heavy atom. The second kappa shape index (κ2) is 5.14. The van der Waals surface area contributed by atoms with Gasteiger partial charge in [0.25, 0.3) is 5.89 Å². The molecule has 4 rings (SSSR count). The minimum atomic E-state index is 0.207. The van der Waals surface area contributed by atoms with Crippen LogP contribution in [0.5, 0.6) is 0 Å². The quantitative estimate of drug-likeness (QED) is 0.735. The van der Waals surface area contributed by atoms with Gasteiger partial charge in [-0.05, 0) is 6.42 Å². The molecule has 3 aromatic rings. The number of aromatic nitrogens is 3. The van der Waals surface area contributed by atoms with Crippen LogP contribution in [0.4, 0.5) is 0 Å². The monoisotopic (exact) mass is 283 g/mol. The topological polar surface area (TPSA) is 74.2 Å². The zero-order valence-electron chi connectivity index (χ0n) is 11.2. The average molecular weight is 283 g/mol. The van der Waals surface area contributed by atoms with Gasteiger partial charge in [0.1, 0.15) is 5.69 Å². The van der Waals surface area contributed by atoms with Crippen molar-refractivity contribution in [2.24, 2.45) is 0 Å². The smallest absolute Gasteiger partial charge is 0.296 e. The summed E-state index contributed by atoms with van der Waals surface area (Å²) in [6.07, 6.45) is 0.921. The standard InChI is InChI=1S/C15H13N3O3/c1-2-4-10(5-3-1)12-8-13(20-17-12)15-16-14(18-21-15)11-6-7-19-9-11/h1-5,8,11H,6-7,9H2. The highest BCUT2D eigenvalue weighted by atomic mass is 16.5. The third-order valence-corrected chi connectivity index (χ3v) is 3.53. The Morgan fingerprint density at radius 2 is 1.95 bits per heavy atom. The fourth-order valence-corrected chi connectivity index (χ4v) is 2.36. The maximum atomic E-state index is 5.33. The van der Waals surface area contributed by atoms with Gasteiger partial charge in [0.05, 0.1) is 6.61 Å². The zero-order chi connectivity index (χ0) is 14.1. The lowest BCUT2D eigenvalue weighted by molar-refractivity contribution is 0.192. The summed E-state index contributed by atoms with van der Waals surface area (Å²) < 4.78 is 15.9. The van der Waals surface area contributed by atoms with Crippen LogP contribution in [0.3, 0.4) is 0 Å². The van der Waals surface area contributed by atoms with Crippen molar-refractivity contribution in [1.82, 2.24) is 15.3 Å².